The summed E-state index contributed by atoms with van der Waals surface area (Å²) in [6.07, 6.45) is -6.11. The molecule has 3 unspecified atom stereocenters. The molecule has 1 fully saturated rings. The van der Waals surface area contributed by atoms with Crippen LogP contribution in [0.2, 0.25) is 0 Å². The van der Waals surface area contributed by atoms with Gasteiger partial charge in [-0.1, -0.05) is 23.4 Å². The molecule has 17 nitrogen and oxygen atoms in total. The second kappa shape index (κ2) is 10.1. The molecule has 1 aromatic rings. The van der Waals surface area contributed by atoms with Crippen molar-refractivity contribution in [1.82, 2.24) is 14.5 Å². The zero-order chi connectivity index (χ0) is 27.0. The summed E-state index contributed by atoms with van der Waals surface area (Å²) in [7, 11) is -17.8. The molecular weight excluding hydrogens is 544 g/mol. The van der Waals surface area contributed by atoms with Crippen molar-refractivity contribution < 1.29 is 63.4 Å². The Morgan fingerprint density at radius 1 is 1.33 bits per heavy atom. The fourth-order valence-corrected chi connectivity index (χ4v) is 5.49. The summed E-state index contributed by atoms with van der Waals surface area (Å²) >= 11 is 6.23. The van der Waals surface area contributed by atoms with E-state index in [1.807, 2.05) is 11.8 Å². The Labute approximate surface area is 190 Å². The maximum atomic E-state index is 12.7. The van der Waals surface area contributed by atoms with Gasteiger partial charge in [-0.3, -0.25) is 9.09 Å². The smallest absolute Gasteiger partial charge is 0.387 e. The Kier molecular flexibility index (Phi) is 7.63. The summed E-state index contributed by atoms with van der Waals surface area (Å²) in [5, 5.41) is 10.6. The molecule has 1 aliphatic rings. The van der Waals surface area contributed by atoms with Crippen LogP contribution in [-0.2, 0) is 31.6 Å². The highest BCUT2D eigenvalue weighted by molar-refractivity contribution is 7.66. The van der Waals surface area contributed by atoms with Crippen molar-refractivity contribution in [2.24, 2.45) is 0 Å². The number of aliphatic hydroxyl groups is 1. The standard InChI is InChI=1S/C11H15ClFN4O13P3/c12-11(2-1-3-13)7(18)6(28-8(11)17-5-15-9(14)16-10(17)19)4-27-32(23,24)30-33(25,26)29-31(20,21)22/h5-8,18H,3-4H2,(H,23,24)(H,25,26)(H2,14,16,19)(H2,20,21,22)/t6-,7+,8-,11?/m1/s1/i4D2. The van der Waals surface area contributed by atoms with Gasteiger partial charge in [0.1, 0.15) is 25.2 Å². The van der Waals surface area contributed by atoms with Gasteiger partial charge in [-0.2, -0.15) is 13.6 Å². The number of phosphoric ester groups is 1. The van der Waals surface area contributed by atoms with Crippen molar-refractivity contribution in [1.29, 1.82) is 0 Å². The van der Waals surface area contributed by atoms with Gasteiger partial charge in [-0.15, -0.1) is 0 Å². The molecule has 0 bridgehead atoms. The number of alkyl halides is 2. The molecule has 1 saturated heterocycles. The van der Waals surface area contributed by atoms with Crippen molar-refractivity contribution in [2.45, 2.75) is 23.3 Å². The molecule has 2 rings (SSSR count). The first-order chi connectivity index (χ1) is 15.7. The number of hydrogen-bond donors (Lipinski definition) is 6. The summed E-state index contributed by atoms with van der Waals surface area (Å²) in [6, 6.07) is 0. The SMILES string of the molecule is [2H]C([2H])(OP(=O)(O)OP(=O)(O)OP(=O)(O)O)[C@H]1O[C@@H](n2cnc(N)nc2=O)C(Cl)(C#CCF)[C@H]1O. The van der Waals surface area contributed by atoms with Gasteiger partial charge in [0.2, 0.25) is 5.95 Å². The first-order valence-electron chi connectivity index (χ1n) is 8.87. The van der Waals surface area contributed by atoms with E-state index in [1.165, 1.54) is 0 Å². The number of aliphatic hydroxyl groups excluding tert-OH is 1. The van der Waals surface area contributed by atoms with E-state index < -0.39 is 71.6 Å². The normalized spacial score (nSPS) is 30.3. The number of hydrogen-bond acceptors (Lipinski definition) is 12. The summed E-state index contributed by atoms with van der Waals surface area (Å²) in [6.45, 7) is -5.00. The molecule has 0 aliphatic carbocycles. The van der Waals surface area contributed by atoms with Gasteiger partial charge in [0.25, 0.3) is 0 Å². The number of phosphoric acid groups is 3. The van der Waals surface area contributed by atoms with Crippen LogP contribution in [0.5, 0.6) is 0 Å². The summed E-state index contributed by atoms with van der Waals surface area (Å²) in [5.74, 6) is 3.36. The number of rotatable bonds is 8. The fourth-order valence-electron chi connectivity index (χ4n) is 2.27. The van der Waals surface area contributed by atoms with Gasteiger partial charge in [0.15, 0.2) is 11.1 Å². The lowest BCUT2D eigenvalue weighted by atomic mass is 9.99. The Hall–Kier alpha value is -1.28. The van der Waals surface area contributed by atoms with Crippen LogP contribution in [0.3, 0.4) is 0 Å². The highest BCUT2D eigenvalue weighted by Crippen LogP contribution is 2.66. The summed E-state index contributed by atoms with van der Waals surface area (Å²) in [5.41, 5.74) is 4.07. The molecule has 33 heavy (non-hydrogen) atoms. The zero-order valence-electron chi connectivity index (χ0n) is 17.5. The predicted octanol–water partition coefficient (Wildman–Crippen LogP) is -1.23. The van der Waals surface area contributed by atoms with Gasteiger partial charge < -0.3 is 35.2 Å². The Morgan fingerprint density at radius 3 is 2.52 bits per heavy atom. The molecule has 6 atom stereocenters. The number of nitrogens with two attached hydrogens (primary N) is 1. The van der Waals surface area contributed by atoms with Gasteiger partial charge in [0, 0.05) is 0 Å². The molecule has 0 spiro atoms. The highest BCUT2D eigenvalue weighted by atomic mass is 35.5. The molecule has 1 aliphatic heterocycles. The average molecular weight is 561 g/mol. The van der Waals surface area contributed by atoms with Crippen molar-refractivity contribution in [3.8, 4) is 11.8 Å². The zero-order valence-corrected chi connectivity index (χ0v) is 19.0. The molecule has 0 aromatic carbocycles. The molecule has 0 saturated carbocycles. The van der Waals surface area contributed by atoms with E-state index in [4.69, 9.17) is 34.6 Å². The molecule has 7 N–H and O–H groups in total. The van der Waals surface area contributed by atoms with E-state index in [-0.39, 0.29) is 0 Å². The first kappa shape index (κ1) is 24.8. The largest absolute Gasteiger partial charge is 0.490 e. The van der Waals surface area contributed by atoms with Crippen LogP contribution in [0.4, 0.5) is 10.3 Å². The summed E-state index contributed by atoms with van der Waals surface area (Å²) < 4.78 is 79.3. The molecule has 1 aromatic heterocycles. The van der Waals surface area contributed by atoms with Crippen LogP contribution in [-0.4, -0.2) is 69.5 Å². The second-order valence-corrected chi connectivity index (χ2v) is 10.7. The monoisotopic (exact) mass is 560 g/mol. The van der Waals surface area contributed by atoms with Crippen molar-refractivity contribution >= 4 is 41.0 Å². The van der Waals surface area contributed by atoms with Crippen LogP contribution in [0.25, 0.3) is 0 Å². The number of ether oxygens (including phenoxy) is 1. The van der Waals surface area contributed by atoms with Crippen LogP contribution in [0, 0.1) is 11.8 Å². The number of aromatic nitrogens is 3. The van der Waals surface area contributed by atoms with Crippen LogP contribution < -0.4 is 11.4 Å². The Balaban J connectivity index is 2.43. The number of nitrogen functional groups attached to an aromatic ring is 1. The highest BCUT2D eigenvalue weighted by Gasteiger charge is 2.57. The second-order valence-electron chi connectivity index (χ2n) is 5.76. The van der Waals surface area contributed by atoms with Gasteiger partial charge in [0.05, 0.1) is 9.30 Å². The predicted molar refractivity (Wildman–Crippen MR) is 103 cm³/mol. The van der Waals surface area contributed by atoms with Gasteiger partial charge in [-0.25, -0.2) is 27.9 Å². The van der Waals surface area contributed by atoms with Crippen LogP contribution >= 0.6 is 35.1 Å². The van der Waals surface area contributed by atoms with Crippen LogP contribution in [0.1, 0.15) is 8.97 Å². The summed E-state index contributed by atoms with van der Waals surface area (Å²) in [4.78, 5) is 52.3. The van der Waals surface area contributed by atoms with Crippen molar-refractivity contribution in [3.63, 3.8) is 0 Å². The quantitative estimate of drug-likeness (QED) is 0.123. The minimum Gasteiger partial charge on any atom is -0.387 e. The molecule has 22 heteroatoms. The third kappa shape index (κ3) is 7.35. The van der Waals surface area contributed by atoms with Gasteiger partial charge in [-0.05, 0) is 0 Å². The van der Waals surface area contributed by atoms with Crippen LogP contribution in [0.15, 0.2) is 11.1 Å². The number of halogens is 2. The Morgan fingerprint density at radius 2 is 1.97 bits per heavy atom. The first-order valence-corrected chi connectivity index (χ1v) is 12.8. The van der Waals surface area contributed by atoms with E-state index in [0.29, 0.717) is 10.9 Å². The van der Waals surface area contributed by atoms with Crippen molar-refractivity contribution in [3.05, 3.63) is 16.8 Å². The lowest BCUT2D eigenvalue weighted by molar-refractivity contribution is -0.0458. The van der Waals surface area contributed by atoms with E-state index in [0.717, 1.165) is 0 Å². The maximum absolute atomic E-state index is 12.7. The van der Waals surface area contributed by atoms with E-state index in [1.54, 1.807) is 0 Å². The maximum Gasteiger partial charge on any atom is 0.490 e. The lowest BCUT2D eigenvalue weighted by Gasteiger charge is -2.25. The van der Waals surface area contributed by atoms with Gasteiger partial charge >= 0.3 is 29.2 Å². The molecule has 186 valence electrons. The minimum atomic E-state index is -6.07. The molecule has 2 heterocycles. The molecule has 0 radical (unpaired) electrons. The van der Waals surface area contributed by atoms with E-state index in [2.05, 4.69) is 23.1 Å². The molecular formula is C11H15ClFN4O13P3. The number of nitrogens with zero attached hydrogens (tertiary/aromatic N) is 3. The number of anilines is 1. The average Bonchev–Trinajstić information content (AvgIpc) is 2.88. The Bertz CT molecular complexity index is 1240. The fraction of sp³-hybridized carbons (Fsp3) is 0.545. The third-order valence-electron chi connectivity index (χ3n) is 3.40. The van der Waals surface area contributed by atoms with Crippen molar-refractivity contribution in [2.75, 3.05) is 19.0 Å². The minimum absolute atomic E-state index is 0.473. The lowest BCUT2D eigenvalue weighted by Crippen LogP contribution is -2.43. The molecule has 0 amide bonds. The van der Waals surface area contributed by atoms with E-state index >= 15 is 0 Å². The van der Waals surface area contributed by atoms with E-state index in [9.17, 15) is 37.8 Å². The topological polar surface area (TPSA) is 263 Å². The third-order valence-corrected chi connectivity index (χ3v) is 7.57.